The maximum atomic E-state index is 12.0. The zero-order valence-corrected chi connectivity index (χ0v) is 15.6. The van der Waals surface area contributed by atoms with E-state index in [-0.39, 0.29) is 24.4 Å². The molecule has 1 fully saturated rings. The number of benzene rings is 1. The van der Waals surface area contributed by atoms with E-state index in [1.807, 2.05) is 19.2 Å². The minimum Gasteiger partial charge on any atom is -0.355 e. The summed E-state index contributed by atoms with van der Waals surface area (Å²) in [5.41, 5.74) is 1.63. The number of quaternary nitrogens is 1. The fraction of sp³-hybridized carbons (Fsp3) is 0.526. The summed E-state index contributed by atoms with van der Waals surface area (Å²) in [6.45, 7) is 0.834. The van der Waals surface area contributed by atoms with Crippen molar-refractivity contribution in [2.45, 2.75) is 44.7 Å². The Balaban J connectivity index is 1.74. The largest absolute Gasteiger partial charge is 0.355 e. The van der Waals surface area contributed by atoms with Crippen molar-refractivity contribution in [3.63, 3.8) is 0 Å². The molecule has 0 heterocycles. The van der Waals surface area contributed by atoms with Gasteiger partial charge in [-0.15, -0.1) is 0 Å². The summed E-state index contributed by atoms with van der Waals surface area (Å²) < 4.78 is 0. The average Bonchev–Trinajstić information content (AvgIpc) is 2.62. The van der Waals surface area contributed by atoms with Crippen LogP contribution < -0.4 is 20.9 Å². The number of hydrogen-bond acceptors (Lipinski definition) is 3. The monoisotopic (exact) mass is 361 g/mol. The maximum absolute atomic E-state index is 12.0. The molecule has 1 aromatic rings. The fourth-order valence-electron chi connectivity index (χ4n) is 3.24. The molecule has 2 rings (SSSR count). The summed E-state index contributed by atoms with van der Waals surface area (Å²) in [7, 11) is 3.49. The molecule has 1 aliphatic carbocycles. The van der Waals surface area contributed by atoms with Gasteiger partial charge in [-0.25, -0.2) is 4.79 Å². The molecule has 0 bridgehead atoms. The number of likely N-dealkylation sites (N-methyl/N-ethyl adjacent to an activating group) is 1. The standard InChI is InChI=1S/C19H28N4O3/c1-20-18(25)15-10-8-14(9-11-15)12-23(2)13-17(24)22-19(26)21-16-6-4-3-5-7-16/h8-11,16H,3-7,12-13H2,1-2H3,(H,20,25)(H2,21,22,24,26)/p+1. The number of carbonyl (C=O) groups is 3. The van der Waals surface area contributed by atoms with Crippen molar-refractivity contribution in [3.05, 3.63) is 35.4 Å². The number of hydrogen-bond donors (Lipinski definition) is 4. The minimum absolute atomic E-state index is 0.124. The molecule has 7 heteroatoms. The van der Waals surface area contributed by atoms with Gasteiger partial charge in [0, 0.05) is 24.2 Å². The molecule has 0 aliphatic heterocycles. The lowest BCUT2D eigenvalue weighted by molar-refractivity contribution is -0.885. The quantitative estimate of drug-likeness (QED) is 0.584. The van der Waals surface area contributed by atoms with Crippen LogP contribution in [0, 0.1) is 0 Å². The second-order valence-electron chi connectivity index (χ2n) is 6.94. The molecule has 4 amide bonds. The van der Waals surface area contributed by atoms with Crippen LogP contribution in [0.25, 0.3) is 0 Å². The van der Waals surface area contributed by atoms with Crippen molar-refractivity contribution in [1.82, 2.24) is 16.0 Å². The number of urea groups is 1. The van der Waals surface area contributed by atoms with Crippen LogP contribution in [0.2, 0.25) is 0 Å². The van der Waals surface area contributed by atoms with Gasteiger partial charge < -0.3 is 15.5 Å². The highest BCUT2D eigenvalue weighted by atomic mass is 16.2. The highest BCUT2D eigenvalue weighted by Gasteiger charge is 2.18. The normalized spacial score (nSPS) is 15.8. The zero-order chi connectivity index (χ0) is 18.9. The van der Waals surface area contributed by atoms with E-state index >= 15 is 0 Å². The third kappa shape index (κ3) is 6.48. The van der Waals surface area contributed by atoms with Crippen LogP contribution in [-0.2, 0) is 11.3 Å². The van der Waals surface area contributed by atoms with Gasteiger partial charge >= 0.3 is 6.03 Å². The molecule has 0 aromatic heterocycles. The predicted molar refractivity (Wildman–Crippen MR) is 98.8 cm³/mol. The van der Waals surface area contributed by atoms with Gasteiger partial charge in [-0.1, -0.05) is 31.4 Å². The number of nitrogens with one attached hydrogen (secondary N) is 4. The van der Waals surface area contributed by atoms with Gasteiger partial charge in [-0.3, -0.25) is 14.9 Å². The molecule has 1 atom stereocenters. The molecular weight excluding hydrogens is 332 g/mol. The summed E-state index contributed by atoms with van der Waals surface area (Å²) in [5, 5.41) is 7.87. The number of imide groups is 1. The molecule has 0 saturated heterocycles. The van der Waals surface area contributed by atoms with Gasteiger partial charge in [-0.05, 0) is 25.0 Å². The van der Waals surface area contributed by atoms with Crippen LogP contribution in [0.1, 0.15) is 48.0 Å². The zero-order valence-electron chi connectivity index (χ0n) is 15.6. The first-order chi connectivity index (χ1) is 12.5. The molecule has 142 valence electrons. The van der Waals surface area contributed by atoms with Crippen LogP contribution in [0.15, 0.2) is 24.3 Å². The highest BCUT2D eigenvalue weighted by molar-refractivity contribution is 5.95. The molecule has 0 spiro atoms. The minimum atomic E-state index is -0.398. The van der Waals surface area contributed by atoms with E-state index < -0.39 is 6.03 Å². The lowest BCUT2D eigenvalue weighted by atomic mass is 9.96. The Morgan fingerprint density at radius 1 is 1.08 bits per heavy atom. The molecule has 7 nitrogen and oxygen atoms in total. The second-order valence-corrected chi connectivity index (χ2v) is 6.94. The third-order valence-electron chi connectivity index (χ3n) is 4.60. The third-order valence-corrected chi connectivity index (χ3v) is 4.60. The maximum Gasteiger partial charge on any atom is 0.321 e. The number of carbonyl (C=O) groups excluding carboxylic acids is 3. The Bertz CT molecular complexity index is 624. The summed E-state index contributed by atoms with van der Waals surface area (Å²) in [6.07, 6.45) is 5.45. The van der Waals surface area contributed by atoms with Gasteiger partial charge in [0.15, 0.2) is 6.54 Å². The first-order valence-corrected chi connectivity index (χ1v) is 9.20. The van der Waals surface area contributed by atoms with Crippen molar-refractivity contribution in [2.24, 2.45) is 0 Å². The SMILES string of the molecule is CNC(=O)c1ccc(C[NH+](C)CC(=O)NC(=O)NC2CCCCC2)cc1. The van der Waals surface area contributed by atoms with E-state index in [0.717, 1.165) is 36.1 Å². The summed E-state index contributed by atoms with van der Waals surface area (Å²) >= 11 is 0. The Labute approximate surface area is 154 Å². The summed E-state index contributed by atoms with van der Waals surface area (Å²) in [4.78, 5) is 36.4. The first-order valence-electron chi connectivity index (χ1n) is 9.20. The van der Waals surface area contributed by atoms with Gasteiger partial charge in [0.25, 0.3) is 11.8 Å². The van der Waals surface area contributed by atoms with E-state index in [0.29, 0.717) is 12.1 Å². The molecule has 1 unspecified atom stereocenters. The number of amides is 4. The lowest BCUT2D eigenvalue weighted by Crippen LogP contribution is -3.09. The topological polar surface area (TPSA) is 91.7 Å². The fourth-order valence-corrected chi connectivity index (χ4v) is 3.24. The smallest absolute Gasteiger partial charge is 0.321 e. The van der Waals surface area contributed by atoms with E-state index in [4.69, 9.17) is 0 Å². The lowest BCUT2D eigenvalue weighted by Gasteiger charge is -2.22. The Morgan fingerprint density at radius 2 is 1.73 bits per heavy atom. The van der Waals surface area contributed by atoms with Crippen molar-refractivity contribution in [1.29, 1.82) is 0 Å². The highest BCUT2D eigenvalue weighted by Crippen LogP contribution is 2.17. The molecule has 1 aliphatic rings. The van der Waals surface area contributed by atoms with E-state index in [1.54, 1.807) is 19.2 Å². The van der Waals surface area contributed by atoms with Crippen molar-refractivity contribution in [3.8, 4) is 0 Å². The van der Waals surface area contributed by atoms with E-state index in [2.05, 4.69) is 16.0 Å². The average molecular weight is 361 g/mol. The second kappa shape index (κ2) is 9.91. The van der Waals surface area contributed by atoms with Crippen LogP contribution in [0.4, 0.5) is 4.79 Å². The summed E-state index contributed by atoms with van der Waals surface area (Å²) in [6, 6.07) is 7.06. The van der Waals surface area contributed by atoms with Crippen molar-refractivity contribution in [2.75, 3.05) is 20.6 Å². The van der Waals surface area contributed by atoms with Gasteiger partial charge in [-0.2, -0.15) is 0 Å². The van der Waals surface area contributed by atoms with Crippen LogP contribution in [0.3, 0.4) is 0 Å². The Morgan fingerprint density at radius 3 is 2.35 bits per heavy atom. The molecule has 1 aromatic carbocycles. The van der Waals surface area contributed by atoms with E-state index in [9.17, 15) is 14.4 Å². The number of rotatable bonds is 6. The molecule has 1 saturated carbocycles. The molecular formula is C19H29N4O3+. The van der Waals surface area contributed by atoms with Gasteiger partial charge in [0.05, 0.1) is 7.05 Å². The van der Waals surface area contributed by atoms with Crippen molar-refractivity contribution >= 4 is 17.8 Å². The Kier molecular flexibility index (Phi) is 7.59. The van der Waals surface area contributed by atoms with E-state index in [1.165, 1.54) is 6.42 Å². The van der Waals surface area contributed by atoms with Crippen LogP contribution in [0.5, 0.6) is 0 Å². The van der Waals surface area contributed by atoms with Gasteiger partial charge in [0.1, 0.15) is 6.54 Å². The first kappa shape index (κ1) is 19.9. The van der Waals surface area contributed by atoms with Crippen LogP contribution in [-0.4, -0.2) is 44.5 Å². The van der Waals surface area contributed by atoms with Gasteiger partial charge in [0.2, 0.25) is 0 Å². The predicted octanol–water partition coefficient (Wildman–Crippen LogP) is 0.219. The summed E-state index contributed by atoms with van der Waals surface area (Å²) in [5.74, 6) is -0.418. The Hall–Kier alpha value is -2.41. The molecule has 4 N–H and O–H groups in total. The van der Waals surface area contributed by atoms with Crippen molar-refractivity contribution < 1.29 is 19.3 Å². The van der Waals surface area contributed by atoms with Crippen LogP contribution >= 0.6 is 0 Å². The molecule has 0 radical (unpaired) electrons. The molecule has 26 heavy (non-hydrogen) atoms.